The molecule has 1 atom stereocenters. The van der Waals surface area contributed by atoms with Crippen molar-refractivity contribution in [3.63, 3.8) is 0 Å². The van der Waals surface area contributed by atoms with E-state index in [-0.39, 0.29) is 12.0 Å². The maximum absolute atomic E-state index is 12.4. The van der Waals surface area contributed by atoms with Crippen molar-refractivity contribution in [3.05, 3.63) is 56.2 Å². The van der Waals surface area contributed by atoms with Gasteiger partial charge in [-0.1, -0.05) is 35.3 Å². The third-order valence-corrected chi connectivity index (χ3v) is 5.39. The summed E-state index contributed by atoms with van der Waals surface area (Å²) in [4.78, 5) is 15.5. The zero-order chi connectivity index (χ0) is 16.2. The van der Waals surface area contributed by atoms with Crippen LogP contribution in [0.2, 0.25) is 10.0 Å². The van der Waals surface area contributed by atoms with Crippen LogP contribution in [0.3, 0.4) is 0 Å². The van der Waals surface area contributed by atoms with E-state index in [0.29, 0.717) is 36.2 Å². The summed E-state index contributed by atoms with van der Waals surface area (Å²) in [5.74, 6) is 0.164. The highest BCUT2D eigenvalue weighted by Crippen LogP contribution is 2.30. The van der Waals surface area contributed by atoms with Gasteiger partial charge >= 0.3 is 0 Å². The second-order valence-corrected chi connectivity index (χ2v) is 7.32. The third kappa shape index (κ3) is 4.27. The van der Waals surface area contributed by atoms with Crippen molar-refractivity contribution in [2.75, 3.05) is 19.7 Å². The lowest BCUT2D eigenvalue weighted by Crippen LogP contribution is -2.42. The van der Waals surface area contributed by atoms with Gasteiger partial charge in [-0.25, -0.2) is 0 Å². The molecule has 1 aliphatic rings. The number of morpholine rings is 1. The average Bonchev–Trinajstić information content (AvgIpc) is 3.06. The molecule has 1 aromatic heterocycles. The molecule has 0 N–H and O–H groups in total. The Balaban J connectivity index is 1.62. The fourth-order valence-corrected chi connectivity index (χ4v) is 3.91. The number of hydrogen-bond acceptors (Lipinski definition) is 3. The van der Waals surface area contributed by atoms with Crippen molar-refractivity contribution in [1.29, 1.82) is 0 Å². The monoisotopic (exact) mass is 369 g/mol. The van der Waals surface area contributed by atoms with Crippen LogP contribution in [0, 0.1) is 0 Å². The van der Waals surface area contributed by atoms with Gasteiger partial charge in [-0.3, -0.25) is 4.79 Å². The smallest absolute Gasteiger partial charge is 0.223 e. The molecule has 1 aliphatic heterocycles. The fraction of sp³-hybridized carbons (Fsp3) is 0.353. The van der Waals surface area contributed by atoms with Gasteiger partial charge in [0.15, 0.2) is 0 Å². The molecule has 122 valence electrons. The van der Waals surface area contributed by atoms with Crippen LogP contribution >= 0.6 is 34.5 Å². The summed E-state index contributed by atoms with van der Waals surface area (Å²) in [7, 11) is 0. The average molecular weight is 370 g/mol. The van der Waals surface area contributed by atoms with Gasteiger partial charge in [0, 0.05) is 33.5 Å². The summed E-state index contributed by atoms with van der Waals surface area (Å²) >= 11 is 13.9. The highest BCUT2D eigenvalue weighted by Gasteiger charge is 2.26. The summed E-state index contributed by atoms with van der Waals surface area (Å²) in [6.45, 7) is 1.68. The van der Waals surface area contributed by atoms with E-state index in [1.165, 1.54) is 4.88 Å². The van der Waals surface area contributed by atoms with Crippen LogP contribution in [0.1, 0.15) is 23.0 Å². The van der Waals surface area contributed by atoms with Gasteiger partial charge < -0.3 is 9.64 Å². The summed E-state index contributed by atoms with van der Waals surface area (Å²) in [5, 5.41) is 3.21. The lowest BCUT2D eigenvalue weighted by Gasteiger charge is -2.33. The second-order valence-electron chi connectivity index (χ2n) is 5.44. The Hall–Kier alpha value is -1.07. The molecule has 2 heterocycles. The molecule has 2 aromatic rings. The van der Waals surface area contributed by atoms with Gasteiger partial charge in [0.2, 0.25) is 5.91 Å². The van der Waals surface area contributed by atoms with Crippen molar-refractivity contribution in [2.45, 2.75) is 18.9 Å². The molecule has 0 bridgehead atoms. The summed E-state index contributed by atoms with van der Waals surface area (Å²) in [5.41, 5.74) is 0.881. The van der Waals surface area contributed by atoms with Crippen LogP contribution in [0.15, 0.2) is 35.7 Å². The van der Waals surface area contributed by atoms with E-state index < -0.39 is 0 Å². The molecular weight excluding hydrogens is 353 g/mol. The summed E-state index contributed by atoms with van der Waals surface area (Å²) in [6, 6.07) is 9.45. The number of rotatable bonds is 4. The Kier molecular flexibility index (Phi) is 5.59. The standard InChI is InChI=1S/C17H17Cl2NO2S/c18-12-3-5-14(15(19)10-12)16-11-20(7-8-22-16)17(21)6-4-13-2-1-9-23-13/h1-3,5,9-10,16H,4,6-8,11H2. The first-order chi connectivity index (χ1) is 11.1. The van der Waals surface area contributed by atoms with Crippen molar-refractivity contribution in [1.82, 2.24) is 4.90 Å². The fourth-order valence-electron chi connectivity index (χ4n) is 2.67. The van der Waals surface area contributed by atoms with Gasteiger partial charge in [-0.2, -0.15) is 0 Å². The van der Waals surface area contributed by atoms with E-state index in [4.69, 9.17) is 27.9 Å². The maximum atomic E-state index is 12.4. The number of ether oxygens (including phenoxy) is 1. The number of hydrogen-bond donors (Lipinski definition) is 0. The van der Waals surface area contributed by atoms with Gasteiger partial charge in [-0.15, -0.1) is 11.3 Å². The van der Waals surface area contributed by atoms with E-state index in [9.17, 15) is 4.79 Å². The lowest BCUT2D eigenvalue weighted by atomic mass is 10.1. The number of thiophene rings is 1. The van der Waals surface area contributed by atoms with E-state index in [2.05, 4.69) is 6.07 Å². The quantitative estimate of drug-likeness (QED) is 0.788. The number of aryl methyl sites for hydroxylation is 1. The van der Waals surface area contributed by atoms with Gasteiger partial charge in [0.05, 0.1) is 13.2 Å². The van der Waals surface area contributed by atoms with Crippen LogP contribution in [0.4, 0.5) is 0 Å². The molecule has 0 saturated carbocycles. The molecule has 0 radical (unpaired) electrons. The summed E-state index contributed by atoms with van der Waals surface area (Å²) in [6.07, 6.45) is 1.13. The minimum Gasteiger partial charge on any atom is -0.370 e. The van der Waals surface area contributed by atoms with Crippen molar-refractivity contribution in [2.24, 2.45) is 0 Å². The number of carbonyl (C=O) groups is 1. The Bertz CT molecular complexity index is 675. The Morgan fingerprint density at radius 2 is 2.22 bits per heavy atom. The predicted molar refractivity (Wildman–Crippen MR) is 94.4 cm³/mol. The Morgan fingerprint density at radius 1 is 1.35 bits per heavy atom. The molecule has 1 saturated heterocycles. The van der Waals surface area contributed by atoms with Crippen molar-refractivity contribution >= 4 is 40.4 Å². The molecule has 3 rings (SSSR count). The molecule has 1 fully saturated rings. The second kappa shape index (κ2) is 7.67. The highest BCUT2D eigenvalue weighted by molar-refractivity contribution is 7.09. The summed E-state index contributed by atoms with van der Waals surface area (Å²) < 4.78 is 5.80. The van der Waals surface area contributed by atoms with Crippen LogP contribution < -0.4 is 0 Å². The van der Waals surface area contributed by atoms with Gasteiger partial charge in [0.25, 0.3) is 0 Å². The van der Waals surface area contributed by atoms with Crippen molar-refractivity contribution in [3.8, 4) is 0 Å². The largest absolute Gasteiger partial charge is 0.370 e. The molecule has 23 heavy (non-hydrogen) atoms. The van der Waals surface area contributed by atoms with E-state index >= 15 is 0 Å². The number of benzene rings is 1. The zero-order valence-electron chi connectivity index (χ0n) is 12.5. The van der Waals surface area contributed by atoms with Crippen LogP contribution in [0.25, 0.3) is 0 Å². The molecule has 0 spiro atoms. The molecule has 6 heteroatoms. The van der Waals surface area contributed by atoms with Gasteiger partial charge in [-0.05, 0) is 30.0 Å². The SMILES string of the molecule is O=C(CCc1cccs1)N1CCOC(c2ccc(Cl)cc2Cl)C1. The normalized spacial score (nSPS) is 18.2. The number of carbonyl (C=O) groups excluding carboxylic acids is 1. The first-order valence-corrected chi connectivity index (χ1v) is 9.14. The highest BCUT2D eigenvalue weighted by atomic mass is 35.5. The number of halogens is 2. The minimum absolute atomic E-state index is 0.164. The Labute approximate surface area is 149 Å². The van der Waals surface area contributed by atoms with E-state index in [1.54, 1.807) is 23.5 Å². The lowest BCUT2D eigenvalue weighted by molar-refractivity contribution is -0.139. The minimum atomic E-state index is -0.195. The van der Waals surface area contributed by atoms with E-state index in [0.717, 1.165) is 12.0 Å². The Morgan fingerprint density at radius 3 is 2.96 bits per heavy atom. The molecule has 0 aliphatic carbocycles. The van der Waals surface area contributed by atoms with Crippen LogP contribution in [-0.4, -0.2) is 30.5 Å². The first kappa shape index (κ1) is 16.8. The molecule has 1 aromatic carbocycles. The van der Waals surface area contributed by atoms with Crippen LogP contribution in [0.5, 0.6) is 0 Å². The van der Waals surface area contributed by atoms with Crippen molar-refractivity contribution < 1.29 is 9.53 Å². The number of amides is 1. The molecular formula is C17H17Cl2NO2S. The third-order valence-electron chi connectivity index (χ3n) is 3.89. The molecule has 1 unspecified atom stereocenters. The maximum Gasteiger partial charge on any atom is 0.223 e. The van der Waals surface area contributed by atoms with E-state index in [1.807, 2.05) is 22.4 Å². The molecule has 3 nitrogen and oxygen atoms in total. The zero-order valence-corrected chi connectivity index (χ0v) is 14.8. The topological polar surface area (TPSA) is 29.5 Å². The predicted octanol–water partition coefficient (Wildman–Crippen LogP) is 4.59. The van der Waals surface area contributed by atoms with Gasteiger partial charge in [0.1, 0.15) is 6.10 Å². The molecule has 1 amide bonds. The van der Waals surface area contributed by atoms with Crippen LogP contribution in [-0.2, 0) is 16.0 Å². The number of nitrogens with zero attached hydrogens (tertiary/aromatic N) is 1. The first-order valence-electron chi connectivity index (χ1n) is 7.50.